The molecular weight excluding hydrogens is 292 g/mol. The van der Waals surface area contributed by atoms with E-state index in [2.05, 4.69) is 5.32 Å². The van der Waals surface area contributed by atoms with Crippen LogP contribution in [0.4, 0.5) is 10.5 Å². The second-order valence-corrected chi connectivity index (χ2v) is 6.05. The van der Waals surface area contributed by atoms with Gasteiger partial charge in [-0.3, -0.25) is 5.32 Å². The first-order valence-electron chi connectivity index (χ1n) is 7.12. The molecule has 5 nitrogen and oxygen atoms in total. The number of nitrogens with one attached hydrogen (secondary N) is 1. The van der Waals surface area contributed by atoms with Crippen LogP contribution in [-0.2, 0) is 4.74 Å². The monoisotopic (exact) mass is 310 g/mol. The number of hydrogen-bond acceptors (Lipinski definition) is 4. The molecule has 1 amide bonds. The molecule has 0 radical (unpaired) electrons. The number of carbonyl (C=O) groups excluding carboxylic acids is 1. The van der Waals surface area contributed by atoms with E-state index < -0.39 is 11.7 Å². The molecule has 0 atom stereocenters. The first kappa shape index (κ1) is 16.4. The minimum absolute atomic E-state index is 0.0736. The second kappa shape index (κ2) is 6.41. The summed E-state index contributed by atoms with van der Waals surface area (Å²) in [6.45, 7) is 5.38. The van der Waals surface area contributed by atoms with Crippen LogP contribution >= 0.6 is 0 Å². The Morgan fingerprint density at radius 1 is 1.17 bits per heavy atom. The number of rotatable bonds is 2. The van der Waals surface area contributed by atoms with E-state index >= 15 is 0 Å². The number of carbonyl (C=O) groups is 1. The van der Waals surface area contributed by atoms with Gasteiger partial charge in [-0.15, -0.1) is 0 Å². The van der Waals surface area contributed by atoms with Gasteiger partial charge < -0.3 is 9.84 Å². The molecule has 118 valence electrons. The van der Waals surface area contributed by atoms with Gasteiger partial charge in [0.05, 0.1) is 5.56 Å². The Labute approximate surface area is 135 Å². The Kier molecular flexibility index (Phi) is 4.56. The third-order valence-electron chi connectivity index (χ3n) is 2.96. The molecule has 0 saturated carbocycles. The van der Waals surface area contributed by atoms with Gasteiger partial charge in [0.2, 0.25) is 0 Å². The molecule has 0 bridgehead atoms. The largest absolute Gasteiger partial charge is 0.507 e. The van der Waals surface area contributed by atoms with Gasteiger partial charge in [0.1, 0.15) is 17.4 Å². The average Bonchev–Trinajstić information content (AvgIpc) is 2.45. The van der Waals surface area contributed by atoms with E-state index in [1.165, 1.54) is 6.07 Å². The summed E-state index contributed by atoms with van der Waals surface area (Å²) in [6.07, 6.45) is -0.530. The average molecular weight is 310 g/mol. The van der Waals surface area contributed by atoms with Gasteiger partial charge in [0, 0.05) is 5.69 Å². The molecule has 2 rings (SSSR count). The molecule has 0 unspecified atom stereocenters. The Hall–Kier alpha value is -3.00. The summed E-state index contributed by atoms with van der Waals surface area (Å²) in [5.41, 5.74) is 1.78. The van der Waals surface area contributed by atoms with Crippen molar-refractivity contribution in [3.05, 3.63) is 48.0 Å². The summed E-state index contributed by atoms with van der Waals surface area (Å²) in [5, 5.41) is 21.3. The van der Waals surface area contributed by atoms with Crippen LogP contribution in [0, 0.1) is 11.3 Å². The predicted molar refractivity (Wildman–Crippen MR) is 88.1 cm³/mol. The summed E-state index contributed by atoms with van der Waals surface area (Å²) in [6, 6.07) is 13.9. The molecule has 0 aromatic heterocycles. The fraction of sp³-hybridized carbons (Fsp3) is 0.222. The molecule has 0 aliphatic heterocycles. The van der Waals surface area contributed by atoms with Crippen LogP contribution in [0.5, 0.6) is 5.75 Å². The number of amides is 1. The fourth-order valence-electron chi connectivity index (χ4n) is 2.00. The minimum Gasteiger partial charge on any atom is -0.507 e. The van der Waals surface area contributed by atoms with E-state index in [9.17, 15) is 9.90 Å². The standard InChI is InChI=1S/C18H18N2O3/c1-18(2,3)23-17(22)20-15-6-4-5-12(9-15)13-7-8-14(11-19)16(21)10-13/h4-10,21H,1-3H3,(H,20,22). The third kappa shape index (κ3) is 4.48. The van der Waals surface area contributed by atoms with E-state index in [0.717, 1.165) is 11.1 Å². The SMILES string of the molecule is CC(C)(C)OC(=O)Nc1cccc(-c2ccc(C#N)c(O)c2)c1. The third-order valence-corrected chi connectivity index (χ3v) is 2.96. The molecule has 0 heterocycles. The summed E-state index contributed by atoms with van der Waals surface area (Å²) >= 11 is 0. The van der Waals surface area contributed by atoms with E-state index in [1.54, 1.807) is 51.1 Å². The van der Waals surface area contributed by atoms with Crippen molar-refractivity contribution in [1.82, 2.24) is 0 Å². The van der Waals surface area contributed by atoms with Gasteiger partial charge in [-0.1, -0.05) is 18.2 Å². The van der Waals surface area contributed by atoms with Crippen LogP contribution in [0.3, 0.4) is 0 Å². The Morgan fingerprint density at radius 2 is 1.87 bits per heavy atom. The highest BCUT2D eigenvalue weighted by Gasteiger charge is 2.16. The number of nitrogens with zero attached hydrogens (tertiary/aromatic N) is 1. The maximum Gasteiger partial charge on any atom is 0.412 e. The number of nitriles is 1. The highest BCUT2D eigenvalue weighted by Crippen LogP contribution is 2.28. The molecule has 23 heavy (non-hydrogen) atoms. The van der Waals surface area contributed by atoms with Crippen LogP contribution in [0.2, 0.25) is 0 Å². The zero-order valence-corrected chi connectivity index (χ0v) is 13.3. The molecule has 2 N–H and O–H groups in total. The maximum absolute atomic E-state index is 11.8. The lowest BCUT2D eigenvalue weighted by Crippen LogP contribution is -2.27. The van der Waals surface area contributed by atoms with Crippen LogP contribution in [0.15, 0.2) is 42.5 Å². The molecule has 0 spiro atoms. The molecular formula is C18H18N2O3. The number of phenolic OH excluding ortho intramolecular Hbond substituents is 1. The van der Waals surface area contributed by atoms with Gasteiger partial charge in [0.15, 0.2) is 0 Å². The summed E-state index contributed by atoms with van der Waals surface area (Å²) in [7, 11) is 0. The van der Waals surface area contributed by atoms with Crippen molar-refractivity contribution in [2.24, 2.45) is 0 Å². The van der Waals surface area contributed by atoms with E-state index in [0.29, 0.717) is 5.69 Å². The summed E-state index contributed by atoms with van der Waals surface area (Å²) in [5.74, 6) is -0.0736. The zero-order chi connectivity index (χ0) is 17.0. The predicted octanol–water partition coefficient (Wildman–Crippen LogP) is 4.28. The lowest BCUT2D eigenvalue weighted by molar-refractivity contribution is 0.0636. The lowest BCUT2D eigenvalue weighted by atomic mass is 10.0. The maximum atomic E-state index is 11.8. The number of aromatic hydroxyl groups is 1. The van der Waals surface area contributed by atoms with Crippen molar-refractivity contribution in [2.45, 2.75) is 26.4 Å². The molecule has 2 aromatic rings. The molecule has 0 aliphatic rings. The smallest absolute Gasteiger partial charge is 0.412 e. The normalized spacial score (nSPS) is 10.7. The molecule has 0 saturated heterocycles. The van der Waals surface area contributed by atoms with E-state index in [-0.39, 0.29) is 11.3 Å². The van der Waals surface area contributed by atoms with Crippen molar-refractivity contribution < 1.29 is 14.6 Å². The van der Waals surface area contributed by atoms with Crippen LogP contribution < -0.4 is 5.32 Å². The highest BCUT2D eigenvalue weighted by atomic mass is 16.6. The van der Waals surface area contributed by atoms with Crippen molar-refractivity contribution in [1.29, 1.82) is 5.26 Å². The van der Waals surface area contributed by atoms with Gasteiger partial charge in [-0.2, -0.15) is 5.26 Å². The van der Waals surface area contributed by atoms with Crippen LogP contribution in [0.1, 0.15) is 26.3 Å². The Balaban J connectivity index is 2.22. The fourth-order valence-corrected chi connectivity index (χ4v) is 2.00. The number of ether oxygens (including phenoxy) is 1. The van der Waals surface area contributed by atoms with Crippen LogP contribution in [-0.4, -0.2) is 16.8 Å². The number of benzene rings is 2. The number of hydrogen-bond donors (Lipinski definition) is 2. The van der Waals surface area contributed by atoms with Crippen molar-refractivity contribution in [3.8, 4) is 22.9 Å². The van der Waals surface area contributed by atoms with Gasteiger partial charge in [-0.05, 0) is 56.2 Å². The summed E-state index contributed by atoms with van der Waals surface area (Å²) in [4.78, 5) is 11.8. The lowest BCUT2D eigenvalue weighted by Gasteiger charge is -2.19. The van der Waals surface area contributed by atoms with Crippen molar-refractivity contribution in [3.63, 3.8) is 0 Å². The van der Waals surface area contributed by atoms with Crippen molar-refractivity contribution >= 4 is 11.8 Å². The number of phenols is 1. The van der Waals surface area contributed by atoms with Crippen molar-refractivity contribution in [2.75, 3.05) is 5.32 Å². The molecule has 5 heteroatoms. The molecule has 2 aromatic carbocycles. The Morgan fingerprint density at radius 3 is 2.48 bits per heavy atom. The zero-order valence-electron chi connectivity index (χ0n) is 13.3. The van der Waals surface area contributed by atoms with Gasteiger partial charge >= 0.3 is 6.09 Å². The van der Waals surface area contributed by atoms with Gasteiger partial charge in [-0.25, -0.2) is 4.79 Å². The highest BCUT2D eigenvalue weighted by molar-refractivity contribution is 5.86. The second-order valence-electron chi connectivity index (χ2n) is 6.05. The van der Waals surface area contributed by atoms with E-state index in [4.69, 9.17) is 10.00 Å². The first-order valence-corrected chi connectivity index (χ1v) is 7.12. The van der Waals surface area contributed by atoms with E-state index in [1.807, 2.05) is 12.1 Å². The van der Waals surface area contributed by atoms with Gasteiger partial charge in [0.25, 0.3) is 0 Å². The quantitative estimate of drug-likeness (QED) is 0.867. The first-order chi connectivity index (χ1) is 10.8. The molecule has 0 fully saturated rings. The minimum atomic E-state index is -0.569. The van der Waals surface area contributed by atoms with Crippen LogP contribution in [0.25, 0.3) is 11.1 Å². The summed E-state index contributed by atoms with van der Waals surface area (Å²) < 4.78 is 5.21. The Bertz CT molecular complexity index is 771. The topological polar surface area (TPSA) is 82.3 Å². The number of anilines is 1. The molecule has 0 aliphatic carbocycles.